The van der Waals surface area contributed by atoms with Gasteiger partial charge in [0, 0.05) is 61.0 Å². The number of benzene rings is 4. The predicted octanol–water partition coefficient (Wildman–Crippen LogP) is 10.4. The van der Waals surface area contributed by atoms with E-state index in [1.165, 1.54) is 0 Å². The average Bonchev–Trinajstić information content (AvgIpc) is 3.16. The van der Waals surface area contributed by atoms with Gasteiger partial charge in [0.05, 0.1) is 17.3 Å². The summed E-state index contributed by atoms with van der Waals surface area (Å²) >= 11 is 12.8. The van der Waals surface area contributed by atoms with E-state index in [4.69, 9.17) is 42.1 Å². The van der Waals surface area contributed by atoms with Crippen molar-refractivity contribution in [3.05, 3.63) is 147 Å². The highest BCUT2D eigenvalue weighted by atomic mass is 35.5. The standard InChI is InChI=1S/C43H42Cl2FN3O5.ClH/c1-29(2)53-36-13-11-35(12-14-36)51-28-34-10-8-32(24-40(34)46)26-48-18-20-49(21-19-48)42(50)17-9-31-22-30(3)43(39(45)23-31)54-41-16-15-37(25-47-41)52-27-33-6-4-5-7-38(33)44;/h4-17,22-25,29H,18-21,26-28H2,1-3H3;1H. The van der Waals surface area contributed by atoms with Gasteiger partial charge >= 0.3 is 0 Å². The van der Waals surface area contributed by atoms with E-state index >= 15 is 0 Å². The lowest BCUT2D eigenvalue weighted by Gasteiger charge is -2.34. The normalized spacial score (nSPS) is 13.1. The van der Waals surface area contributed by atoms with Crippen molar-refractivity contribution in [2.45, 2.75) is 46.6 Å². The van der Waals surface area contributed by atoms with Crippen LogP contribution >= 0.6 is 35.6 Å². The zero-order valence-corrected chi connectivity index (χ0v) is 33.2. The Morgan fingerprint density at radius 1 is 0.836 bits per heavy atom. The van der Waals surface area contributed by atoms with Gasteiger partial charge in [0.25, 0.3) is 0 Å². The van der Waals surface area contributed by atoms with Gasteiger partial charge in [-0.1, -0.05) is 53.5 Å². The van der Waals surface area contributed by atoms with Crippen LogP contribution in [0.5, 0.6) is 28.9 Å². The molecule has 6 rings (SSSR count). The number of ether oxygens (including phenoxy) is 4. The highest BCUT2D eigenvalue weighted by molar-refractivity contribution is 6.32. The fourth-order valence-electron chi connectivity index (χ4n) is 5.89. The third-order valence-corrected chi connectivity index (χ3v) is 9.38. The highest BCUT2D eigenvalue weighted by Gasteiger charge is 2.20. The molecule has 12 heteroatoms. The van der Waals surface area contributed by atoms with Gasteiger partial charge in [-0.25, -0.2) is 9.37 Å². The number of carbonyl (C=O) groups is 1. The first-order valence-electron chi connectivity index (χ1n) is 17.8. The van der Waals surface area contributed by atoms with Crippen molar-refractivity contribution in [2.75, 3.05) is 26.2 Å². The van der Waals surface area contributed by atoms with Crippen LogP contribution in [0.25, 0.3) is 6.08 Å². The average molecular weight is 807 g/mol. The van der Waals surface area contributed by atoms with Crippen molar-refractivity contribution in [3.8, 4) is 28.9 Å². The van der Waals surface area contributed by atoms with Gasteiger partial charge in [-0.3, -0.25) is 9.69 Å². The molecule has 1 aliphatic heterocycles. The Labute approximate surface area is 337 Å². The van der Waals surface area contributed by atoms with Gasteiger partial charge < -0.3 is 23.8 Å². The molecule has 0 saturated carbocycles. The second kappa shape index (κ2) is 19.7. The van der Waals surface area contributed by atoms with Crippen LogP contribution in [-0.4, -0.2) is 53.0 Å². The maximum Gasteiger partial charge on any atom is 0.246 e. The van der Waals surface area contributed by atoms with E-state index in [0.29, 0.717) is 78.1 Å². The smallest absolute Gasteiger partial charge is 0.246 e. The number of nitrogens with zero attached hydrogens (tertiary/aromatic N) is 3. The molecule has 1 aromatic heterocycles. The Bertz CT molecular complexity index is 2050. The van der Waals surface area contributed by atoms with Crippen LogP contribution in [-0.2, 0) is 24.6 Å². The number of aryl methyl sites for hydroxylation is 1. The first kappa shape index (κ1) is 41.4. The molecule has 1 fully saturated rings. The second-order valence-corrected chi connectivity index (χ2v) is 14.1. The number of hydrogen-bond donors (Lipinski definition) is 0. The maximum absolute atomic E-state index is 15.0. The summed E-state index contributed by atoms with van der Waals surface area (Å²) in [5.74, 6) is 2.45. The fraction of sp³-hybridized carbons (Fsp3) is 0.256. The number of rotatable bonds is 14. The van der Waals surface area contributed by atoms with Gasteiger partial charge in [0.15, 0.2) is 5.75 Å². The summed E-state index contributed by atoms with van der Waals surface area (Å²) in [6.45, 7) is 9.38. The van der Waals surface area contributed by atoms with E-state index in [1.54, 1.807) is 48.7 Å². The Balaban J connectivity index is 0.00000580. The van der Waals surface area contributed by atoms with Gasteiger partial charge in [-0.15, -0.1) is 12.4 Å². The topological polar surface area (TPSA) is 73.4 Å². The minimum absolute atomic E-state index is 0. The molecular formula is C43H43Cl3FN3O5. The zero-order chi connectivity index (χ0) is 38.0. The van der Waals surface area contributed by atoms with Gasteiger partial charge in [0.1, 0.15) is 36.3 Å². The second-order valence-electron chi connectivity index (χ2n) is 13.3. The largest absolute Gasteiger partial charge is 0.491 e. The molecule has 0 spiro atoms. The Morgan fingerprint density at radius 3 is 2.20 bits per heavy atom. The molecular weight excluding hydrogens is 764 g/mol. The molecule has 1 amide bonds. The van der Waals surface area contributed by atoms with Crippen LogP contribution < -0.4 is 18.9 Å². The van der Waals surface area contributed by atoms with E-state index < -0.39 is 0 Å². The molecule has 288 valence electrons. The number of amides is 1. The third kappa shape index (κ3) is 11.8. The number of hydrogen-bond acceptors (Lipinski definition) is 7. The van der Waals surface area contributed by atoms with E-state index in [9.17, 15) is 9.18 Å². The molecule has 0 radical (unpaired) electrons. The summed E-state index contributed by atoms with van der Waals surface area (Å²) in [7, 11) is 0. The van der Waals surface area contributed by atoms with Crippen LogP contribution in [0, 0.1) is 12.7 Å². The van der Waals surface area contributed by atoms with E-state index in [-0.39, 0.29) is 36.8 Å². The van der Waals surface area contributed by atoms with Crippen molar-refractivity contribution < 1.29 is 28.1 Å². The minimum atomic E-state index is -0.303. The molecule has 2 heterocycles. The Kier molecular flexibility index (Phi) is 14.8. The van der Waals surface area contributed by atoms with Crippen LogP contribution in [0.2, 0.25) is 10.0 Å². The van der Waals surface area contributed by atoms with Crippen molar-refractivity contribution in [3.63, 3.8) is 0 Å². The third-order valence-electron chi connectivity index (χ3n) is 8.74. The lowest BCUT2D eigenvalue weighted by Crippen LogP contribution is -2.47. The lowest BCUT2D eigenvalue weighted by molar-refractivity contribution is -0.127. The molecule has 0 bridgehead atoms. The summed E-state index contributed by atoms with van der Waals surface area (Å²) < 4.78 is 38.2. The molecule has 5 aromatic rings. The van der Waals surface area contributed by atoms with E-state index in [1.807, 2.05) is 86.3 Å². The summed E-state index contributed by atoms with van der Waals surface area (Å²) in [5, 5.41) is 1.04. The van der Waals surface area contributed by atoms with Crippen LogP contribution in [0.3, 0.4) is 0 Å². The minimum Gasteiger partial charge on any atom is -0.491 e. The van der Waals surface area contributed by atoms with Gasteiger partial charge in [-0.05, 0) is 98.1 Å². The van der Waals surface area contributed by atoms with E-state index in [2.05, 4.69) is 9.88 Å². The maximum atomic E-state index is 15.0. The van der Waals surface area contributed by atoms with Gasteiger partial charge in [0.2, 0.25) is 11.8 Å². The monoisotopic (exact) mass is 805 g/mol. The zero-order valence-electron chi connectivity index (χ0n) is 30.8. The Hall–Kier alpha value is -4.80. The fourth-order valence-corrected chi connectivity index (χ4v) is 6.39. The summed E-state index contributed by atoms with van der Waals surface area (Å²) in [5.41, 5.74) is 3.81. The van der Waals surface area contributed by atoms with Gasteiger partial charge in [-0.2, -0.15) is 0 Å². The van der Waals surface area contributed by atoms with Crippen molar-refractivity contribution in [1.29, 1.82) is 0 Å². The number of halogens is 4. The molecule has 1 aliphatic rings. The molecule has 0 aliphatic carbocycles. The number of pyridine rings is 1. The van der Waals surface area contributed by atoms with Crippen LogP contribution in [0.1, 0.15) is 41.7 Å². The molecule has 8 nitrogen and oxygen atoms in total. The molecule has 0 N–H and O–H groups in total. The quantitative estimate of drug-likeness (QED) is 0.104. The lowest BCUT2D eigenvalue weighted by atomic mass is 10.1. The molecule has 1 saturated heterocycles. The van der Waals surface area contributed by atoms with Crippen molar-refractivity contribution in [1.82, 2.24) is 14.8 Å². The summed E-state index contributed by atoms with van der Waals surface area (Å²) in [6, 6.07) is 27.2. The predicted molar refractivity (Wildman–Crippen MR) is 217 cm³/mol. The van der Waals surface area contributed by atoms with Crippen LogP contribution in [0.15, 0.2) is 103 Å². The molecule has 0 atom stereocenters. The number of aromatic nitrogens is 1. The number of piperazine rings is 1. The first-order chi connectivity index (χ1) is 26.1. The van der Waals surface area contributed by atoms with E-state index in [0.717, 1.165) is 28.0 Å². The molecule has 55 heavy (non-hydrogen) atoms. The summed E-state index contributed by atoms with van der Waals surface area (Å²) in [6.07, 6.45) is 4.99. The Morgan fingerprint density at radius 2 is 1.53 bits per heavy atom. The summed E-state index contributed by atoms with van der Waals surface area (Å²) in [4.78, 5) is 21.4. The highest BCUT2D eigenvalue weighted by Crippen LogP contribution is 2.34. The SMILES string of the molecule is Cc1cc(C=CC(=O)N2CCN(Cc3ccc(COc4ccc(OC(C)C)cc4)c(F)c3)CC2)cc(Cl)c1Oc1ccc(OCc2ccccc2Cl)cn1.Cl. The van der Waals surface area contributed by atoms with Crippen molar-refractivity contribution >= 4 is 47.6 Å². The number of carbonyl (C=O) groups excluding carboxylic acids is 1. The first-order valence-corrected chi connectivity index (χ1v) is 18.5. The van der Waals surface area contributed by atoms with Crippen LogP contribution in [0.4, 0.5) is 4.39 Å². The van der Waals surface area contributed by atoms with Crippen molar-refractivity contribution in [2.24, 2.45) is 0 Å². The molecule has 0 unspecified atom stereocenters. The molecule has 4 aromatic carbocycles.